The molecule has 94 valence electrons. The Bertz CT molecular complexity index is 335. The van der Waals surface area contributed by atoms with Crippen molar-refractivity contribution in [1.82, 2.24) is 0 Å². The first kappa shape index (κ1) is 13.7. The molecule has 2 unspecified atom stereocenters. The summed E-state index contributed by atoms with van der Waals surface area (Å²) >= 11 is 0. The summed E-state index contributed by atoms with van der Waals surface area (Å²) in [5, 5.41) is 19.1. The van der Waals surface area contributed by atoms with E-state index in [0.29, 0.717) is 12.8 Å². The van der Waals surface area contributed by atoms with E-state index in [2.05, 4.69) is 0 Å². The fourth-order valence-electron chi connectivity index (χ4n) is 1.90. The third-order valence-electron chi connectivity index (χ3n) is 2.94. The summed E-state index contributed by atoms with van der Waals surface area (Å²) in [4.78, 5) is 11.1. The quantitative estimate of drug-likeness (QED) is 0.764. The van der Waals surface area contributed by atoms with Crippen LogP contribution in [0.5, 0.6) is 0 Å². The van der Waals surface area contributed by atoms with E-state index in [1.54, 1.807) is 0 Å². The molecule has 3 nitrogen and oxygen atoms in total. The van der Waals surface area contributed by atoms with E-state index in [0.717, 1.165) is 18.4 Å². The van der Waals surface area contributed by atoms with Crippen LogP contribution in [0, 0.1) is 5.92 Å². The number of hydrogen-bond donors (Lipinski definition) is 2. The van der Waals surface area contributed by atoms with Gasteiger partial charge in [-0.05, 0) is 18.4 Å². The van der Waals surface area contributed by atoms with Crippen LogP contribution in [-0.4, -0.2) is 22.3 Å². The van der Waals surface area contributed by atoms with Crippen LogP contribution >= 0.6 is 0 Å². The van der Waals surface area contributed by atoms with Crippen LogP contribution in [0.1, 0.15) is 31.7 Å². The number of aliphatic hydroxyl groups excluding tert-OH is 1. The predicted molar refractivity (Wildman–Crippen MR) is 66.8 cm³/mol. The van der Waals surface area contributed by atoms with Gasteiger partial charge in [0.05, 0.1) is 12.0 Å². The normalized spacial score (nSPS) is 14.2. The molecule has 0 radical (unpaired) electrons. The Morgan fingerprint density at radius 2 is 1.94 bits per heavy atom. The summed E-state index contributed by atoms with van der Waals surface area (Å²) in [5.41, 5.74) is 0.975. The van der Waals surface area contributed by atoms with Crippen LogP contribution in [0.3, 0.4) is 0 Å². The molecule has 0 spiro atoms. The number of hydrogen-bond acceptors (Lipinski definition) is 2. The van der Waals surface area contributed by atoms with Crippen molar-refractivity contribution < 1.29 is 15.0 Å². The van der Waals surface area contributed by atoms with Crippen LogP contribution < -0.4 is 0 Å². The number of aliphatic carboxylic acids is 1. The second-order valence-electron chi connectivity index (χ2n) is 4.34. The molecule has 0 saturated heterocycles. The van der Waals surface area contributed by atoms with Crippen molar-refractivity contribution in [1.29, 1.82) is 0 Å². The smallest absolute Gasteiger partial charge is 0.309 e. The van der Waals surface area contributed by atoms with Crippen molar-refractivity contribution >= 4 is 5.97 Å². The van der Waals surface area contributed by atoms with Gasteiger partial charge < -0.3 is 10.2 Å². The lowest BCUT2D eigenvalue weighted by Gasteiger charge is -2.18. The highest BCUT2D eigenvalue weighted by Gasteiger charge is 2.25. The Kier molecular flexibility index (Phi) is 5.70. The topological polar surface area (TPSA) is 57.5 Å². The standard InChI is InChI=1S/C14H20O3/c1-2-3-9-12(14(16)17)13(15)10-11-7-5-4-6-8-11/h4-8,12-13,15H,2-3,9-10H2,1H3,(H,16,17). The fraction of sp³-hybridized carbons (Fsp3) is 0.500. The molecular weight excluding hydrogens is 216 g/mol. The first-order valence-corrected chi connectivity index (χ1v) is 6.10. The highest BCUT2D eigenvalue weighted by Crippen LogP contribution is 2.17. The second kappa shape index (κ2) is 7.07. The minimum Gasteiger partial charge on any atom is -0.481 e. The lowest BCUT2D eigenvalue weighted by molar-refractivity contribution is -0.146. The van der Waals surface area contributed by atoms with Crippen molar-refractivity contribution in [3.63, 3.8) is 0 Å². The van der Waals surface area contributed by atoms with Gasteiger partial charge in [-0.25, -0.2) is 0 Å². The summed E-state index contributed by atoms with van der Waals surface area (Å²) in [7, 11) is 0. The van der Waals surface area contributed by atoms with E-state index >= 15 is 0 Å². The van der Waals surface area contributed by atoms with Gasteiger partial charge >= 0.3 is 5.97 Å². The number of rotatable bonds is 7. The average Bonchev–Trinajstić information content (AvgIpc) is 2.30. The summed E-state index contributed by atoms with van der Waals surface area (Å²) in [5.74, 6) is -1.56. The Hall–Kier alpha value is -1.35. The summed E-state index contributed by atoms with van der Waals surface area (Å²) in [6.45, 7) is 2.02. The van der Waals surface area contributed by atoms with Crippen molar-refractivity contribution in [2.24, 2.45) is 5.92 Å². The molecule has 0 fully saturated rings. The zero-order valence-corrected chi connectivity index (χ0v) is 10.2. The summed E-state index contributed by atoms with van der Waals surface area (Å²) in [6, 6.07) is 9.50. The molecule has 1 aromatic rings. The molecule has 1 rings (SSSR count). The van der Waals surface area contributed by atoms with Gasteiger partial charge in [-0.15, -0.1) is 0 Å². The molecule has 0 aliphatic rings. The molecule has 2 atom stereocenters. The van der Waals surface area contributed by atoms with Crippen LogP contribution in [-0.2, 0) is 11.2 Å². The maximum absolute atomic E-state index is 11.1. The fourth-order valence-corrected chi connectivity index (χ4v) is 1.90. The van der Waals surface area contributed by atoms with Crippen molar-refractivity contribution in [2.75, 3.05) is 0 Å². The molecule has 1 aromatic carbocycles. The maximum Gasteiger partial charge on any atom is 0.309 e. The molecule has 0 amide bonds. The Labute approximate surface area is 102 Å². The van der Waals surface area contributed by atoms with Gasteiger partial charge in [0.25, 0.3) is 0 Å². The molecule has 0 aromatic heterocycles. The molecule has 0 saturated carbocycles. The largest absolute Gasteiger partial charge is 0.481 e. The molecular formula is C14H20O3. The van der Waals surface area contributed by atoms with Crippen molar-refractivity contribution in [3.05, 3.63) is 35.9 Å². The van der Waals surface area contributed by atoms with Gasteiger partial charge in [-0.2, -0.15) is 0 Å². The van der Waals surface area contributed by atoms with Gasteiger partial charge in [-0.3, -0.25) is 4.79 Å². The van der Waals surface area contributed by atoms with E-state index in [1.807, 2.05) is 37.3 Å². The van der Waals surface area contributed by atoms with Crippen LogP contribution in [0.15, 0.2) is 30.3 Å². The minimum absolute atomic E-state index is 0.404. The highest BCUT2D eigenvalue weighted by atomic mass is 16.4. The maximum atomic E-state index is 11.1. The van der Waals surface area contributed by atoms with Crippen LogP contribution in [0.4, 0.5) is 0 Å². The van der Waals surface area contributed by atoms with E-state index in [1.165, 1.54) is 0 Å². The lowest BCUT2D eigenvalue weighted by atomic mass is 9.92. The molecule has 17 heavy (non-hydrogen) atoms. The second-order valence-corrected chi connectivity index (χ2v) is 4.34. The molecule has 0 bridgehead atoms. The zero-order chi connectivity index (χ0) is 12.7. The monoisotopic (exact) mass is 236 g/mol. The van der Waals surface area contributed by atoms with E-state index in [9.17, 15) is 9.90 Å². The van der Waals surface area contributed by atoms with Gasteiger partial charge in [-0.1, -0.05) is 50.1 Å². The van der Waals surface area contributed by atoms with Crippen LogP contribution in [0.2, 0.25) is 0 Å². The molecule has 3 heteroatoms. The van der Waals surface area contributed by atoms with E-state index < -0.39 is 18.0 Å². The number of benzene rings is 1. The van der Waals surface area contributed by atoms with Gasteiger partial charge in [0.2, 0.25) is 0 Å². The SMILES string of the molecule is CCCCC(C(=O)O)C(O)Cc1ccccc1. The van der Waals surface area contributed by atoms with Crippen LogP contribution in [0.25, 0.3) is 0 Å². The van der Waals surface area contributed by atoms with E-state index in [-0.39, 0.29) is 0 Å². The number of carboxylic acids is 1. The molecule has 0 aliphatic heterocycles. The zero-order valence-electron chi connectivity index (χ0n) is 10.2. The number of carbonyl (C=O) groups is 1. The molecule has 2 N–H and O–H groups in total. The number of aliphatic hydroxyl groups is 1. The Morgan fingerprint density at radius 3 is 2.47 bits per heavy atom. The Balaban J connectivity index is 2.59. The first-order valence-electron chi connectivity index (χ1n) is 6.10. The highest BCUT2D eigenvalue weighted by molar-refractivity contribution is 5.70. The third-order valence-corrected chi connectivity index (χ3v) is 2.94. The summed E-state index contributed by atoms with van der Waals surface area (Å²) < 4.78 is 0. The van der Waals surface area contributed by atoms with Crippen molar-refractivity contribution in [2.45, 2.75) is 38.7 Å². The molecule has 0 aliphatic carbocycles. The number of unbranched alkanes of at least 4 members (excludes halogenated alkanes) is 1. The lowest BCUT2D eigenvalue weighted by Crippen LogP contribution is -2.29. The van der Waals surface area contributed by atoms with Gasteiger partial charge in [0.15, 0.2) is 0 Å². The Morgan fingerprint density at radius 1 is 1.29 bits per heavy atom. The number of carboxylic acid groups (broad SMARTS) is 1. The summed E-state index contributed by atoms with van der Waals surface area (Å²) in [6.07, 6.45) is 1.92. The average molecular weight is 236 g/mol. The first-order chi connectivity index (χ1) is 8.15. The van der Waals surface area contributed by atoms with Crippen molar-refractivity contribution in [3.8, 4) is 0 Å². The predicted octanol–water partition coefficient (Wildman–Crippen LogP) is 2.48. The minimum atomic E-state index is -0.901. The van der Waals surface area contributed by atoms with Gasteiger partial charge in [0, 0.05) is 0 Å². The van der Waals surface area contributed by atoms with Gasteiger partial charge in [0.1, 0.15) is 0 Å². The van der Waals surface area contributed by atoms with E-state index in [4.69, 9.17) is 5.11 Å². The molecule has 0 heterocycles. The third kappa shape index (κ3) is 4.57.